The highest BCUT2D eigenvalue weighted by Gasteiger charge is 2.20. The predicted molar refractivity (Wildman–Crippen MR) is 72.4 cm³/mol. The Bertz CT molecular complexity index is 345. The molecule has 2 rings (SSSR count). The van der Waals surface area contributed by atoms with Crippen molar-refractivity contribution in [1.29, 1.82) is 0 Å². The zero-order valence-corrected chi connectivity index (χ0v) is 11.6. The molecule has 1 aliphatic heterocycles. The van der Waals surface area contributed by atoms with E-state index in [1.165, 1.54) is 18.5 Å². The number of hydrogen-bond donors (Lipinski definition) is 1. The van der Waals surface area contributed by atoms with Gasteiger partial charge in [0.15, 0.2) is 0 Å². The fourth-order valence-electron chi connectivity index (χ4n) is 2.57. The van der Waals surface area contributed by atoms with Crippen LogP contribution in [-0.4, -0.2) is 29.0 Å². The highest BCUT2D eigenvalue weighted by molar-refractivity contribution is 5.00. The summed E-state index contributed by atoms with van der Waals surface area (Å²) in [7, 11) is 0. The molecule has 1 aliphatic rings. The third kappa shape index (κ3) is 3.56. The molecule has 0 saturated carbocycles. The first-order valence-corrected chi connectivity index (χ1v) is 7.13. The number of rotatable bonds is 6. The molecule has 4 nitrogen and oxygen atoms in total. The lowest BCUT2D eigenvalue weighted by molar-refractivity contribution is 0.0557. The van der Waals surface area contributed by atoms with Crippen molar-refractivity contribution >= 4 is 0 Å². The van der Waals surface area contributed by atoms with Crippen molar-refractivity contribution in [3.8, 4) is 0 Å². The molecule has 0 spiro atoms. The van der Waals surface area contributed by atoms with Crippen molar-refractivity contribution in [3.63, 3.8) is 0 Å². The molecule has 1 saturated heterocycles. The Hall–Kier alpha value is -0.870. The van der Waals surface area contributed by atoms with Gasteiger partial charge in [0.2, 0.25) is 0 Å². The molecule has 0 bridgehead atoms. The Labute approximate surface area is 110 Å². The summed E-state index contributed by atoms with van der Waals surface area (Å²) in [5, 5.41) is 7.99. The summed E-state index contributed by atoms with van der Waals surface area (Å²) < 4.78 is 7.51. The monoisotopic (exact) mass is 251 g/mol. The largest absolute Gasteiger partial charge is 0.381 e. The maximum Gasteiger partial charge on any atom is 0.0522 e. The maximum atomic E-state index is 5.41. The van der Waals surface area contributed by atoms with Crippen LogP contribution in [0.4, 0.5) is 0 Å². The molecule has 1 aromatic heterocycles. The van der Waals surface area contributed by atoms with Crippen LogP contribution in [0, 0.1) is 5.92 Å². The number of hydrogen-bond acceptors (Lipinski definition) is 3. The van der Waals surface area contributed by atoms with Gasteiger partial charge in [-0.3, -0.25) is 4.68 Å². The maximum absolute atomic E-state index is 5.41. The van der Waals surface area contributed by atoms with E-state index < -0.39 is 0 Å². The van der Waals surface area contributed by atoms with Crippen molar-refractivity contribution in [1.82, 2.24) is 15.1 Å². The van der Waals surface area contributed by atoms with Crippen LogP contribution in [0.1, 0.15) is 38.8 Å². The van der Waals surface area contributed by atoms with Crippen LogP contribution in [0.2, 0.25) is 0 Å². The van der Waals surface area contributed by atoms with E-state index in [1.807, 2.05) is 6.20 Å². The van der Waals surface area contributed by atoms with Crippen molar-refractivity contribution < 1.29 is 4.74 Å². The summed E-state index contributed by atoms with van der Waals surface area (Å²) in [6.07, 6.45) is 5.39. The minimum atomic E-state index is 0.555. The summed E-state index contributed by atoms with van der Waals surface area (Å²) in [5.74, 6) is 0.751. The van der Waals surface area contributed by atoms with Crippen LogP contribution in [0.25, 0.3) is 0 Å². The summed E-state index contributed by atoms with van der Waals surface area (Å²) in [5.41, 5.74) is 1.29. The highest BCUT2D eigenvalue weighted by atomic mass is 16.5. The Morgan fingerprint density at radius 2 is 2.28 bits per heavy atom. The SMILES string of the molecule is CCCn1nccc1CNC(C)C1CCOCC1. The van der Waals surface area contributed by atoms with Gasteiger partial charge >= 0.3 is 0 Å². The van der Waals surface area contributed by atoms with Gasteiger partial charge in [-0.1, -0.05) is 6.92 Å². The van der Waals surface area contributed by atoms with Crippen molar-refractivity contribution in [2.24, 2.45) is 5.92 Å². The smallest absolute Gasteiger partial charge is 0.0522 e. The van der Waals surface area contributed by atoms with E-state index in [0.29, 0.717) is 6.04 Å². The molecule has 4 heteroatoms. The minimum Gasteiger partial charge on any atom is -0.381 e. The number of aromatic nitrogens is 2. The topological polar surface area (TPSA) is 39.1 Å². The fraction of sp³-hybridized carbons (Fsp3) is 0.786. The van der Waals surface area contributed by atoms with E-state index in [-0.39, 0.29) is 0 Å². The van der Waals surface area contributed by atoms with Gasteiger partial charge in [-0.15, -0.1) is 0 Å². The Balaban J connectivity index is 1.80. The van der Waals surface area contributed by atoms with Gasteiger partial charge < -0.3 is 10.1 Å². The van der Waals surface area contributed by atoms with E-state index in [4.69, 9.17) is 4.74 Å². The van der Waals surface area contributed by atoms with Gasteiger partial charge in [0, 0.05) is 38.5 Å². The third-order valence-corrected chi connectivity index (χ3v) is 3.82. The Kier molecular flexibility index (Phi) is 5.20. The zero-order chi connectivity index (χ0) is 12.8. The van der Waals surface area contributed by atoms with Gasteiger partial charge in [0.1, 0.15) is 0 Å². The molecule has 18 heavy (non-hydrogen) atoms. The van der Waals surface area contributed by atoms with Crippen LogP contribution >= 0.6 is 0 Å². The average molecular weight is 251 g/mol. The predicted octanol–water partition coefficient (Wildman–Crippen LogP) is 2.20. The molecule has 1 atom stereocenters. The number of nitrogens with one attached hydrogen (secondary N) is 1. The van der Waals surface area contributed by atoms with E-state index in [2.05, 4.69) is 35.0 Å². The van der Waals surface area contributed by atoms with Crippen molar-refractivity contribution in [2.45, 2.75) is 52.2 Å². The van der Waals surface area contributed by atoms with Crippen molar-refractivity contribution in [2.75, 3.05) is 13.2 Å². The van der Waals surface area contributed by atoms with E-state index >= 15 is 0 Å². The van der Waals surface area contributed by atoms with E-state index in [1.54, 1.807) is 0 Å². The first-order valence-electron chi connectivity index (χ1n) is 7.13. The molecule has 102 valence electrons. The molecule has 0 aromatic carbocycles. The normalized spacial score (nSPS) is 19.0. The second kappa shape index (κ2) is 6.90. The Morgan fingerprint density at radius 3 is 3.00 bits per heavy atom. The molecular weight excluding hydrogens is 226 g/mol. The Morgan fingerprint density at radius 1 is 1.50 bits per heavy atom. The average Bonchev–Trinajstić information content (AvgIpc) is 2.85. The first kappa shape index (κ1) is 13.6. The lowest BCUT2D eigenvalue weighted by atomic mass is 9.93. The van der Waals surface area contributed by atoms with E-state index in [0.717, 1.165) is 38.6 Å². The quantitative estimate of drug-likeness (QED) is 0.842. The highest BCUT2D eigenvalue weighted by Crippen LogP contribution is 2.18. The standard InChI is InChI=1S/C14H25N3O/c1-3-8-17-14(4-7-16-17)11-15-12(2)13-5-9-18-10-6-13/h4,7,12-13,15H,3,5-6,8-11H2,1-2H3. The minimum absolute atomic E-state index is 0.555. The lowest BCUT2D eigenvalue weighted by Crippen LogP contribution is -2.36. The summed E-state index contributed by atoms with van der Waals surface area (Å²) in [4.78, 5) is 0. The molecule has 1 unspecified atom stereocenters. The van der Waals surface area contributed by atoms with Crippen LogP contribution in [0.15, 0.2) is 12.3 Å². The summed E-state index contributed by atoms with van der Waals surface area (Å²) >= 11 is 0. The van der Waals surface area contributed by atoms with Crippen molar-refractivity contribution in [3.05, 3.63) is 18.0 Å². The first-order chi connectivity index (χ1) is 8.81. The van der Waals surface area contributed by atoms with Gasteiger partial charge in [0.05, 0.1) is 5.69 Å². The van der Waals surface area contributed by atoms with Crippen LogP contribution in [-0.2, 0) is 17.8 Å². The zero-order valence-electron chi connectivity index (χ0n) is 11.6. The number of nitrogens with zero attached hydrogens (tertiary/aromatic N) is 2. The van der Waals surface area contributed by atoms with Gasteiger partial charge in [-0.2, -0.15) is 5.10 Å². The van der Waals surface area contributed by atoms with Gasteiger partial charge in [-0.05, 0) is 38.2 Å². The fourth-order valence-corrected chi connectivity index (χ4v) is 2.57. The van der Waals surface area contributed by atoms with Crippen LogP contribution in [0.3, 0.4) is 0 Å². The molecule has 0 amide bonds. The lowest BCUT2D eigenvalue weighted by Gasteiger charge is -2.28. The molecule has 1 aromatic rings. The second-order valence-corrected chi connectivity index (χ2v) is 5.17. The van der Waals surface area contributed by atoms with Gasteiger partial charge in [0.25, 0.3) is 0 Å². The van der Waals surface area contributed by atoms with Crippen LogP contribution in [0.5, 0.6) is 0 Å². The number of ether oxygens (including phenoxy) is 1. The molecule has 1 fully saturated rings. The van der Waals surface area contributed by atoms with Crippen LogP contribution < -0.4 is 5.32 Å². The molecule has 0 aliphatic carbocycles. The van der Waals surface area contributed by atoms with E-state index in [9.17, 15) is 0 Å². The molecule has 2 heterocycles. The molecular formula is C14H25N3O. The molecule has 0 radical (unpaired) electrons. The summed E-state index contributed by atoms with van der Waals surface area (Å²) in [6, 6.07) is 2.66. The number of aryl methyl sites for hydroxylation is 1. The summed E-state index contributed by atoms with van der Waals surface area (Å²) in [6.45, 7) is 8.24. The molecule has 1 N–H and O–H groups in total. The third-order valence-electron chi connectivity index (χ3n) is 3.82. The van der Waals surface area contributed by atoms with Gasteiger partial charge in [-0.25, -0.2) is 0 Å². The second-order valence-electron chi connectivity index (χ2n) is 5.17.